The van der Waals surface area contributed by atoms with Crippen molar-refractivity contribution in [2.45, 2.75) is 13.3 Å². The van der Waals surface area contributed by atoms with Crippen LogP contribution in [0.2, 0.25) is 0 Å². The predicted octanol–water partition coefficient (Wildman–Crippen LogP) is 4.66. The second-order valence-corrected chi connectivity index (χ2v) is 4.99. The van der Waals surface area contributed by atoms with Gasteiger partial charge in [-0.15, -0.1) is 0 Å². The number of para-hydroxylation sites is 1. The summed E-state index contributed by atoms with van der Waals surface area (Å²) in [6.07, 6.45) is 0.929. The average molecular weight is 262 g/mol. The molecule has 0 atom stereocenters. The van der Waals surface area contributed by atoms with E-state index in [9.17, 15) is 0 Å². The van der Waals surface area contributed by atoms with E-state index in [-0.39, 0.29) is 0 Å². The van der Waals surface area contributed by atoms with Gasteiger partial charge in [-0.3, -0.25) is 0 Å². The first-order valence-corrected chi connectivity index (χ1v) is 6.86. The van der Waals surface area contributed by atoms with Crippen LogP contribution in [0.3, 0.4) is 0 Å². The third-order valence-corrected chi connectivity index (χ3v) is 3.36. The number of aromatic amines is 1. The maximum absolute atomic E-state index is 3.45. The molecule has 0 unspecified atom stereocenters. The van der Waals surface area contributed by atoms with Crippen LogP contribution in [0, 0.1) is 6.92 Å². The van der Waals surface area contributed by atoms with Crippen molar-refractivity contribution in [1.82, 2.24) is 4.98 Å². The summed E-state index contributed by atoms with van der Waals surface area (Å²) in [7, 11) is 0. The SMILES string of the molecule is Cc1[nH]c(Cc2ccccc2)cc1Nc1ccccc1. The summed E-state index contributed by atoms with van der Waals surface area (Å²) in [4.78, 5) is 3.45. The van der Waals surface area contributed by atoms with Gasteiger partial charge in [-0.2, -0.15) is 0 Å². The van der Waals surface area contributed by atoms with Gasteiger partial charge in [-0.1, -0.05) is 48.5 Å². The molecule has 3 rings (SSSR count). The lowest BCUT2D eigenvalue weighted by atomic mass is 10.1. The van der Waals surface area contributed by atoms with Gasteiger partial charge < -0.3 is 10.3 Å². The van der Waals surface area contributed by atoms with Gasteiger partial charge >= 0.3 is 0 Å². The fraction of sp³-hybridized carbons (Fsp3) is 0.111. The second kappa shape index (κ2) is 5.66. The smallest absolute Gasteiger partial charge is 0.0595 e. The van der Waals surface area contributed by atoms with Crippen LogP contribution in [0.5, 0.6) is 0 Å². The van der Waals surface area contributed by atoms with E-state index in [0.29, 0.717) is 0 Å². The van der Waals surface area contributed by atoms with E-state index in [2.05, 4.69) is 59.7 Å². The third kappa shape index (κ3) is 2.91. The molecule has 0 bridgehead atoms. The van der Waals surface area contributed by atoms with Gasteiger partial charge in [-0.05, 0) is 30.7 Å². The molecule has 0 aliphatic rings. The molecule has 0 aliphatic heterocycles. The standard InChI is InChI=1S/C18H18N2/c1-14-18(20-16-10-6-3-7-11-16)13-17(19-14)12-15-8-4-2-5-9-15/h2-11,13,19-20H,12H2,1H3. The molecule has 1 aromatic heterocycles. The summed E-state index contributed by atoms with van der Waals surface area (Å²) in [5.74, 6) is 0. The number of hydrogen-bond donors (Lipinski definition) is 2. The van der Waals surface area contributed by atoms with Crippen molar-refractivity contribution in [3.05, 3.63) is 83.7 Å². The zero-order valence-electron chi connectivity index (χ0n) is 11.6. The Labute approximate surface area is 119 Å². The van der Waals surface area contributed by atoms with Crippen molar-refractivity contribution in [2.24, 2.45) is 0 Å². The molecule has 0 radical (unpaired) electrons. The van der Waals surface area contributed by atoms with Crippen molar-refractivity contribution in [3.63, 3.8) is 0 Å². The van der Waals surface area contributed by atoms with E-state index in [0.717, 1.165) is 17.8 Å². The average Bonchev–Trinajstić information content (AvgIpc) is 2.81. The molecule has 0 saturated heterocycles. The number of benzene rings is 2. The highest BCUT2D eigenvalue weighted by Gasteiger charge is 2.05. The fourth-order valence-corrected chi connectivity index (χ4v) is 2.34. The topological polar surface area (TPSA) is 27.8 Å². The lowest BCUT2D eigenvalue weighted by Gasteiger charge is -2.04. The normalized spacial score (nSPS) is 10.4. The summed E-state index contributed by atoms with van der Waals surface area (Å²) in [5.41, 5.74) is 5.97. The summed E-state index contributed by atoms with van der Waals surface area (Å²) in [6, 6.07) is 22.9. The van der Waals surface area contributed by atoms with Crippen molar-refractivity contribution >= 4 is 11.4 Å². The van der Waals surface area contributed by atoms with Gasteiger partial charge in [0.15, 0.2) is 0 Å². The molecule has 2 nitrogen and oxygen atoms in total. The highest BCUT2D eigenvalue weighted by molar-refractivity contribution is 5.62. The Morgan fingerprint density at radius 2 is 1.55 bits per heavy atom. The molecular weight excluding hydrogens is 244 g/mol. The van der Waals surface area contributed by atoms with Gasteiger partial charge in [0.1, 0.15) is 0 Å². The molecular formula is C18H18N2. The molecule has 0 amide bonds. The number of H-pyrrole nitrogens is 1. The van der Waals surface area contributed by atoms with Gasteiger partial charge in [0.2, 0.25) is 0 Å². The fourth-order valence-electron chi connectivity index (χ4n) is 2.34. The van der Waals surface area contributed by atoms with Gasteiger partial charge in [0.25, 0.3) is 0 Å². The highest BCUT2D eigenvalue weighted by Crippen LogP contribution is 2.22. The van der Waals surface area contributed by atoms with E-state index in [4.69, 9.17) is 0 Å². The number of nitrogens with one attached hydrogen (secondary N) is 2. The van der Waals surface area contributed by atoms with E-state index in [1.54, 1.807) is 0 Å². The predicted molar refractivity (Wildman–Crippen MR) is 84.5 cm³/mol. The lowest BCUT2D eigenvalue weighted by Crippen LogP contribution is -1.89. The number of aromatic nitrogens is 1. The molecule has 0 saturated carbocycles. The van der Waals surface area contributed by atoms with E-state index in [1.165, 1.54) is 17.0 Å². The molecule has 1 heterocycles. The Hall–Kier alpha value is -2.48. The molecule has 2 aromatic carbocycles. The third-order valence-electron chi connectivity index (χ3n) is 3.36. The maximum Gasteiger partial charge on any atom is 0.0595 e. The molecule has 3 aromatic rings. The van der Waals surface area contributed by atoms with E-state index >= 15 is 0 Å². The van der Waals surface area contributed by atoms with Crippen LogP contribution in [-0.2, 0) is 6.42 Å². The quantitative estimate of drug-likeness (QED) is 0.703. The van der Waals surface area contributed by atoms with Crippen LogP contribution in [0.1, 0.15) is 17.0 Å². The Balaban J connectivity index is 1.77. The monoisotopic (exact) mass is 262 g/mol. The van der Waals surface area contributed by atoms with Crippen LogP contribution in [0.15, 0.2) is 66.7 Å². The van der Waals surface area contributed by atoms with Gasteiger partial charge in [0, 0.05) is 23.5 Å². The van der Waals surface area contributed by atoms with Crippen molar-refractivity contribution < 1.29 is 0 Å². The summed E-state index contributed by atoms with van der Waals surface area (Å²) in [6.45, 7) is 2.10. The minimum atomic E-state index is 0.929. The molecule has 2 heteroatoms. The first kappa shape index (κ1) is 12.5. The van der Waals surface area contributed by atoms with E-state index < -0.39 is 0 Å². The molecule has 2 N–H and O–H groups in total. The number of hydrogen-bond acceptors (Lipinski definition) is 1. The van der Waals surface area contributed by atoms with Crippen LogP contribution in [0.4, 0.5) is 11.4 Å². The van der Waals surface area contributed by atoms with Crippen LogP contribution >= 0.6 is 0 Å². The zero-order chi connectivity index (χ0) is 13.8. The minimum absolute atomic E-state index is 0.929. The molecule has 100 valence electrons. The molecule has 0 fully saturated rings. The largest absolute Gasteiger partial charge is 0.360 e. The van der Waals surface area contributed by atoms with E-state index in [1.807, 2.05) is 24.3 Å². The van der Waals surface area contributed by atoms with Crippen LogP contribution in [-0.4, -0.2) is 4.98 Å². The van der Waals surface area contributed by atoms with Crippen molar-refractivity contribution in [3.8, 4) is 0 Å². The second-order valence-electron chi connectivity index (χ2n) is 4.99. The molecule has 20 heavy (non-hydrogen) atoms. The summed E-state index contributed by atoms with van der Waals surface area (Å²) >= 11 is 0. The Morgan fingerprint density at radius 1 is 0.900 bits per heavy atom. The zero-order valence-corrected chi connectivity index (χ0v) is 11.6. The Bertz CT molecular complexity index is 669. The molecule has 0 spiro atoms. The highest BCUT2D eigenvalue weighted by atomic mass is 14.9. The number of rotatable bonds is 4. The number of anilines is 2. The lowest BCUT2D eigenvalue weighted by molar-refractivity contribution is 1.08. The Morgan fingerprint density at radius 3 is 2.25 bits per heavy atom. The first-order chi connectivity index (χ1) is 9.81. The summed E-state index contributed by atoms with van der Waals surface area (Å²) < 4.78 is 0. The van der Waals surface area contributed by atoms with Crippen LogP contribution < -0.4 is 5.32 Å². The number of aryl methyl sites for hydroxylation is 1. The summed E-state index contributed by atoms with van der Waals surface area (Å²) in [5, 5.41) is 3.45. The van der Waals surface area contributed by atoms with Crippen molar-refractivity contribution in [1.29, 1.82) is 0 Å². The van der Waals surface area contributed by atoms with Crippen molar-refractivity contribution in [2.75, 3.05) is 5.32 Å². The van der Waals surface area contributed by atoms with Gasteiger partial charge in [0.05, 0.1) is 5.69 Å². The Kier molecular flexibility index (Phi) is 3.55. The minimum Gasteiger partial charge on any atom is -0.360 e. The van der Waals surface area contributed by atoms with Crippen LogP contribution in [0.25, 0.3) is 0 Å². The first-order valence-electron chi connectivity index (χ1n) is 6.86. The molecule has 0 aliphatic carbocycles. The van der Waals surface area contributed by atoms with Gasteiger partial charge in [-0.25, -0.2) is 0 Å². The maximum atomic E-state index is 3.45.